The van der Waals surface area contributed by atoms with Crippen LogP contribution >= 0.6 is 10.7 Å². The van der Waals surface area contributed by atoms with Gasteiger partial charge in [-0.3, -0.25) is 0 Å². The molecule has 0 unspecified atom stereocenters. The predicted molar refractivity (Wildman–Crippen MR) is 79.1 cm³/mol. The fraction of sp³-hybridized carbons (Fsp3) is 0.200. The van der Waals surface area contributed by atoms with Crippen LogP contribution in [0.5, 0.6) is 0 Å². The fourth-order valence-electron chi connectivity index (χ4n) is 2.02. The molecule has 19 heavy (non-hydrogen) atoms. The summed E-state index contributed by atoms with van der Waals surface area (Å²) in [5.74, 6) is 0. The van der Waals surface area contributed by atoms with E-state index in [1.54, 1.807) is 18.2 Å². The summed E-state index contributed by atoms with van der Waals surface area (Å²) in [7, 11) is 1.68. The second-order valence-electron chi connectivity index (χ2n) is 4.71. The zero-order valence-electron chi connectivity index (χ0n) is 11.1. The van der Waals surface area contributed by atoms with Crippen molar-refractivity contribution in [2.75, 3.05) is 0 Å². The number of benzene rings is 2. The lowest BCUT2D eigenvalue weighted by Crippen LogP contribution is -1.93. The molecule has 0 aromatic heterocycles. The van der Waals surface area contributed by atoms with Gasteiger partial charge in [0.05, 0.1) is 4.90 Å². The zero-order chi connectivity index (χ0) is 14.2. The molecule has 0 fully saturated rings. The zero-order valence-corrected chi connectivity index (χ0v) is 12.6. The van der Waals surface area contributed by atoms with Crippen molar-refractivity contribution in [2.24, 2.45) is 0 Å². The molecule has 2 aromatic rings. The largest absolute Gasteiger partial charge is 0.261 e. The van der Waals surface area contributed by atoms with Gasteiger partial charge in [-0.15, -0.1) is 0 Å². The Labute approximate surface area is 118 Å². The van der Waals surface area contributed by atoms with E-state index < -0.39 is 9.05 Å². The molecular formula is C15H15ClO2S. The van der Waals surface area contributed by atoms with Gasteiger partial charge in [0.1, 0.15) is 0 Å². The van der Waals surface area contributed by atoms with Crippen molar-refractivity contribution >= 4 is 19.7 Å². The van der Waals surface area contributed by atoms with Crippen molar-refractivity contribution in [3.63, 3.8) is 0 Å². The van der Waals surface area contributed by atoms with Gasteiger partial charge < -0.3 is 0 Å². The maximum Gasteiger partial charge on any atom is 0.261 e. The predicted octanol–water partition coefficient (Wildman–Crippen LogP) is 4.21. The number of rotatable bonds is 2. The first kappa shape index (κ1) is 14.1. The van der Waals surface area contributed by atoms with Crippen LogP contribution < -0.4 is 0 Å². The van der Waals surface area contributed by atoms with E-state index in [0.717, 1.165) is 16.7 Å². The summed E-state index contributed by atoms with van der Waals surface area (Å²) in [6.07, 6.45) is 0. The molecule has 4 heteroatoms. The maximum atomic E-state index is 11.3. The molecule has 0 amide bonds. The van der Waals surface area contributed by atoms with E-state index >= 15 is 0 Å². The topological polar surface area (TPSA) is 34.1 Å². The van der Waals surface area contributed by atoms with Gasteiger partial charge in [0.2, 0.25) is 0 Å². The third kappa shape index (κ3) is 2.99. The second kappa shape index (κ2) is 4.99. The quantitative estimate of drug-likeness (QED) is 0.778. The molecule has 2 rings (SSSR count). The summed E-state index contributed by atoms with van der Waals surface area (Å²) in [5.41, 5.74) is 5.45. The smallest absolute Gasteiger partial charge is 0.207 e. The summed E-state index contributed by atoms with van der Waals surface area (Å²) < 4.78 is 22.6. The van der Waals surface area contributed by atoms with Crippen LogP contribution in [0.1, 0.15) is 16.7 Å². The molecule has 2 aromatic carbocycles. The fourth-order valence-corrected chi connectivity index (χ4v) is 2.86. The summed E-state index contributed by atoms with van der Waals surface area (Å²) in [6.45, 7) is 6.01. The lowest BCUT2D eigenvalue weighted by molar-refractivity contribution is 0.609. The van der Waals surface area contributed by atoms with E-state index in [4.69, 9.17) is 10.7 Å². The van der Waals surface area contributed by atoms with Crippen LogP contribution in [0.3, 0.4) is 0 Å². The molecule has 0 N–H and O–H groups in total. The average Bonchev–Trinajstić information content (AvgIpc) is 2.31. The van der Waals surface area contributed by atoms with Gasteiger partial charge in [-0.2, -0.15) is 0 Å². The number of hydrogen-bond acceptors (Lipinski definition) is 2. The molecule has 0 aliphatic heterocycles. The van der Waals surface area contributed by atoms with E-state index in [9.17, 15) is 8.42 Å². The lowest BCUT2D eigenvalue weighted by atomic mass is 9.97. The van der Waals surface area contributed by atoms with Gasteiger partial charge in [-0.1, -0.05) is 24.3 Å². The van der Waals surface area contributed by atoms with Crippen LogP contribution in [0.2, 0.25) is 0 Å². The van der Waals surface area contributed by atoms with E-state index in [1.807, 2.05) is 13.0 Å². The lowest BCUT2D eigenvalue weighted by Gasteiger charge is -2.09. The molecule has 0 saturated heterocycles. The van der Waals surface area contributed by atoms with Gasteiger partial charge >= 0.3 is 0 Å². The van der Waals surface area contributed by atoms with E-state index in [-0.39, 0.29) is 4.90 Å². The SMILES string of the molecule is Cc1ccc(-c2ccc(S(=O)(=O)Cl)cc2C)cc1C. The van der Waals surface area contributed by atoms with Gasteiger partial charge in [0.15, 0.2) is 0 Å². The van der Waals surface area contributed by atoms with Gasteiger partial charge in [0, 0.05) is 10.7 Å². The summed E-state index contributed by atoms with van der Waals surface area (Å²) in [5, 5.41) is 0. The molecule has 100 valence electrons. The van der Waals surface area contributed by atoms with Gasteiger partial charge in [0.25, 0.3) is 9.05 Å². The van der Waals surface area contributed by atoms with Gasteiger partial charge in [-0.25, -0.2) is 8.42 Å². The summed E-state index contributed by atoms with van der Waals surface area (Å²) in [4.78, 5) is 0.138. The molecule has 0 radical (unpaired) electrons. The van der Waals surface area contributed by atoms with E-state index in [2.05, 4.69) is 26.0 Å². The minimum atomic E-state index is -3.67. The highest BCUT2D eigenvalue weighted by molar-refractivity contribution is 8.13. The summed E-state index contributed by atoms with van der Waals surface area (Å²) in [6, 6.07) is 11.2. The molecule has 0 saturated carbocycles. The molecule has 0 bridgehead atoms. The first-order chi connectivity index (χ1) is 8.79. The monoisotopic (exact) mass is 294 g/mol. The minimum Gasteiger partial charge on any atom is -0.207 e. The molecule has 0 heterocycles. The van der Waals surface area contributed by atoms with Crippen LogP contribution in [0, 0.1) is 20.8 Å². The standard InChI is InChI=1S/C15H15ClO2S/c1-10-4-5-13(8-11(10)2)15-7-6-14(9-12(15)3)19(16,17)18/h4-9H,1-3H3. The Kier molecular flexibility index (Phi) is 3.70. The minimum absolute atomic E-state index is 0.138. The highest BCUT2D eigenvalue weighted by atomic mass is 35.7. The highest BCUT2D eigenvalue weighted by Crippen LogP contribution is 2.28. The maximum absolute atomic E-state index is 11.3. The van der Waals surface area contributed by atoms with Crippen molar-refractivity contribution in [3.8, 4) is 11.1 Å². The second-order valence-corrected chi connectivity index (χ2v) is 7.28. The Bertz CT molecular complexity index is 734. The normalized spacial score (nSPS) is 11.6. The Morgan fingerprint density at radius 2 is 1.53 bits per heavy atom. The Hall–Kier alpha value is -1.32. The van der Waals surface area contributed by atoms with Gasteiger partial charge in [-0.05, 0) is 60.7 Å². The van der Waals surface area contributed by atoms with Crippen molar-refractivity contribution in [1.29, 1.82) is 0 Å². The third-order valence-corrected chi connectivity index (χ3v) is 4.65. The summed E-state index contributed by atoms with van der Waals surface area (Å²) >= 11 is 0. The van der Waals surface area contributed by atoms with Crippen molar-refractivity contribution in [3.05, 3.63) is 53.1 Å². The van der Waals surface area contributed by atoms with Crippen molar-refractivity contribution < 1.29 is 8.42 Å². The average molecular weight is 295 g/mol. The van der Waals surface area contributed by atoms with E-state index in [0.29, 0.717) is 0 Å². The first-order valence-corrected chi connectivity index (χ1v) is 8.23. The van der Waals surface area contributed by atoms with Crippen molar-refractivity contribution in [2.45, 2.75) is 25.7 Å². The third-order valence-electron chi connectivity index (χ3n) is 3.30. The van der Waals surface area contributed by atoms with Crippen LogP contribution in [0.25, 0.3) is 11.1 Å². The Morgan fingerprint density at radius 1 is 0.842 bits per heavy atom. The van der Waals surface area contributed by atoms with Crippen LogP contribution in [0.15, 0.2) is 41.3 Å². The number of halogens is 1. The molecular weight excluding hydrogens is 280 g/mol. The molecule has 0 atom stereocenters. The molecule has 2 nitrogen and oxygen atoms in total. The molecule has 0 aliphatic carbocycles. The van der Waals surface area contributed by atoms with Crippen molar-refractivity contribution in [1.82, 2.24) is 0 Å². The number of aryl methyl sites for hydroxylation is 3. The van der Waals surface area contributed by atoms with Crippen LogP contribution in [-0.4, -0.2) is 8.42 Å². The van der Waals surface area contributed by atoms with E-state index in [1.165, 1.54) is 11.1 Å². The highest BCUT2D eigenvalue weighted by Gasteiger charge is 2.12. The van der Waals surface area contributed by atoms with Crippen LogP contribution in [-0.2, 0) is 9.05 Å². The molecule has 0 aliphatic rings. The van der Waals surface area contributed by atoms with Crippen LogP contribution in [0.4, 0.5) is 0 Å². The first-order valence-electron chi connectivity index (χ1n) is 5.92. The number of hydrogen-bond donors (Lipinski definition) is 0. The Balaban J connectivity index is 2.55. The molecule has 0 spiro atoms. The Morgan fingerprint density at radius 3 is 2.05 bits per heavy atom.